The summed E-state index contributed by atoms with van der Waals surface area (Å²) in [6, 6.07) is 0.685. The standard InChI is InChI=1S/C12H20N2/c1-13-8-11-6-9-4-5-10(9)7-12(11)14(2)3/h4-5,8-12H,6-7H2,1-3H3/b13-8+/t9-,10+,11?,12+/m1/s1. The van der Waals surface area contributed by atoms with Gasteiger partial charge in [-0.1, -0.05) is 12.2 Å². The van der Waals surface area contributed by atoms with Gasteiger partial charge in [0.05, 0.1) is 0 Å². The predicted molar refractivity (Wildman–Crippen MR) is 60.7 cm³/mol. The average molecular weight is 192 g/mol. The zero-order valence-electron chi connectivity index (χ0n) is 9.35. The maximum absolute atomic E-state index is 4.20. The molecule has 0 amide bonds. The lowest BCUT2D eigenvalue weighted by Gasteiger charge is -2.44. The second-order valence-corrected chi connectivity index (χ2v) is 4.79. The summed E-state index contributed by atoms with van der Waals surface area (Å²) in [6.07, 6.45) is 9.49. The molecule has 2 aliphatic carbocycles. The zero-order chi connectivity index (χ0) is 10.1. The fourth-order valence-corrected chi connectivity index (χ4v) is 2.80. The number of rotatable bonds is 2. The van der Waals surface area contributed by atoms with Crippen molar-refractivity contribution < 1.29 is 0 Å². The van der Waals surface area contributed by atoms with E-state index in [-0.39, 0.29) is 0 Å². The van der Waals surface area contributed by atoms with E-state index in [1.165, 1.54) is 12.8 Å². The summed E-state index contributed by atoms with van der Waals surface area (Å²) in [4.78, 5) is 6.56. The van der Waals surface area contributed by atoms with E-state index in [9.17, 15) is 0 Å². The highest BCUT2D eigenvalue weighted by Crippen LogP contribution is 2.42. The third-order valence-corrected chi connectivity index (χ3v) is 3.71. The molecule has 2 nitrogen and oxygen atoms in total. The molecular formula is C12H20N2. The minimum absolute atomic E-state index is 0.654. The Morgan fingerprint density at radius 2 is 1.86 bits per heavy atom. The largest absolute Gasteiger partial charge is 0.306 e. The summed E-state index contributed by atoms with van der Waals surface area (Å²) in [6.45, 7) is 0. The molecule has 0 radical (unpaired) electrons. The maximum Gasteiger partial charge on any atom is 0.0273 e. The topological polar surface area (TPSA) is 15.6 Å². The van der Waals surface area contributed by atoms with Crippen LogP contribution in [0.1, 0.15) is 12.8 Å². The molecule has 0 heterocycles. The molecule has 4 atom stereocenters. The highest BCUT2D eigenvalue weighted by atomic mass is 15.1. The third-order valence-electron chi connectivity index (χ3n) is 3.71. The van der Waals surface area contributed by atoms with Crippen LogP contribution >= 0.6 is 0 Å². The van der Waals surface area contributed by atoms with Gasteiger partial charge in [0.2, 0.25) is 0 Å². The molecule has 0 aromatic heterocycles. The molecule has 0 spiro atoms. The number of allylic oxidation sites excluding steroid dienone is 2. The first-order valence-electron chi connectivity index (χ1n) is 5.49. The summed E-state index contributed by atoms with van der Waals surface area (Å²) >= 11 is 0. The number of hydrogen-bond acceptors (Lipinski definition) is 2. The Balaban J connectivity index is 2.08. The first-order chi connectivity index (χ1) is 6.72. The van der Waals surface area contributed by atoms with Crippen LogP contribution in [0.5, 0.6) is 0 Å². The van der Waals surface area contributed by atoms with Crippen LogP contribution in [0.15, 0.2) is 17.1 Å². The van der Waals surface area contributed by atoms with Crippen LogP contribution in [0, 0.1) is 17.8 Å². The smallest absolute Gasteiger partial charge is 0.0273 e. The van der Waals surface area contributed by atoms with Gasteiger partial charge in [-0.05, 0) is 38.8 Å². The van der Waals surface area contributed by atoms with Crippen LogP contribution in [0.3, 0.4) is 0 Å². The van der Waals surface area contributed by atoms with Gasteiger partial charge in [-0.15, -0.1) is 0 Å². The molecule has 0 aliphatic heterocycles. The Bertz CT molecular complexity index is 255. The van der Waals surface area contributed by atoms with Crippen molar-refractivity contribution in [3.8, 4) is 0 Å². The molecule has 0 N–H and O–H groups in total. The molecule has 0 bridgehead atoms. The summed E-state index contributed by atoms with van der Waals surface area (Å²) in [7, 11) is 6.25. The third kappa shape index (κ3) is 1.63. The molecular weight excluding hydrogens is 172 g/mol. The Kier molecular flexibility index (Phi) is 2.73. The van der Waals surface area contributed by atoms with Gasteiger partial charge in [-0.25, -0.2) is 0 Å². The Hall–Kier alpha value is -0.630. The van der Waals surface area contributed by atoms with E-state index in [0.717, 1.165) is 11.8 Å². The monoisotopic (exact) mass is 192 g/mol. The molecule has 2 aliphatic rings. The van der Waals surface area contributed by atoms with Crippen molar-refractivity contribution >= 4 is 6.21 Å². The van der Waals surface area contributed by atoms with Crippen LogP contribution < -0.4 is 0 Å². The van der Waals surface area contributed by atoms with Crippen LogP contribution in [0.25, 0.3) is 0 Å². The molecule has 1 saturated carbocycles. The van der Waals surface area contributed by atoms with Crippen LogP contribution in [0.4, 0.5) is 0 Å². The number of fused-ring (bicyclic) bond motifs is 1. The predicted octanol–water partition coefficient (Wildman–Crippen LogP) is 1.83. The minimum Gasteiger partial charge on any atom is -0.306 e. The van der Waals surface area contributed by atoms with E-state index < -0.39 is 0 Å². The Morgan fingerprint density at radius 3 is 2.36 bits per heavy atom. The van der Waals surface area contributed by atoms with Crippen LogP contribution in [-0.4, -0.2) is 38.3 Å². The first kappa shape index (κ1) is 9.91. The Labute approximate surface area is 86.7 Å². The number of nitrogens with zero attached hydrogens (tertiary/aromatic N) is 2. The van der Waals surface area contributed by atoms with Crippen LogP contribution in [-0.2, 0) is 0 Å². The lowest BCUT2D eigenvalue weighted by Crippen LogP contribution is -2.45. The van der Waals surface area contributed by atoms with Gasteiger partial charge in [-0.3, -0.25) is 0 Å². The van der Waals surface area contributed by atoms with Crippen LogP contribution in [0.2, 0.25) is 0 Å². The number of aliphatic imine (C=N–C) groups is 1. The van der Waals surface area contributed by atoms with Gasteiger partial charge in [-0.2, -0.15) is 0 Å². The average Bonchev–Trinajstić information content (AvgIpc) is 2.10. The fraction of sp³-hybridized carbons (Fsp3) is 0.750. The SMILES string of the molecule is C/N=C/C1C[C@H]2C=C[C@H]2C[C@@H]1N(C)C. The molecule has 78 valence electrons. The molecule has 14 heavy (non-hydrogen) atoms. The van der Waals surface area contributed by atoms with Gasteiger partial charge in [0.25, 0.3) is 0 Å². The molecule has 0 aromatic carbocycles. The van der Waals surface area contributed by atoms with Gasteiger partial charge < -0.3 is 9.89 Å². The quantitative estimate of drug-likeness (QED) is 0.481. The van der Waals surface area contributed by atoms with Crippen molar-refractivity contribution in [2.24, 2.45) is 22.7 Å². The van der Waals surface area contributed by atoms with Crippen molar-refractivity contribution in [3.05, 3.63) is 12.2 Å². The Morgan fingerprint density at radius 1 is 1.21 bits per heavy atom. The maximum atomic E-state index is 4.20. The summed E-state index contributed by atoms with van der Waals surface area (Å²) in [5.74, 6) is 2.35. The van der Waals surface area contributed by atoms with Crippen molar-refractivity contribution in [1.82, 2.24) is 4.90 Å². The van der Waals surface area contributed by atoms with E-state index in [1.807, 2.05) is 7.05 Å². The van der Waals surface area contributed by atoms with E-state index in [4.69, 9.17) is 0 Å². The minimum atomic E-state index is 0.654. The molecule has 0 aromatic rings. The molecule has 2 rings (SSSR count). The summed E-state index contributed by atoms with van der Waals surface area (Å²) in [5, 5.41) is 0. The molecule has 1 fully saturated rings. The van der Waals surface area contributed by atoms with E-state index >= 15 is 0 Å². The first-order valence-corrected chi connectivity index (χ1v) is 5.49. The molecule has 0 saturated heterocycles. The van der Waals surface area contributed by atoms with E-state index in [0.29, 0.717) is 12.0 Å². The highest BCUT2D eigenvalue weighted by Gasteiger charge is 2.38. The summed E-state index contributed by atoms with van der Waals surface area (Å²) < 4.78 is 0. The number of hydrogen-bond donors (Lipinski definition) is 0. The zero-order valence-corrected chi connectivity index (χ0v) is 9.35. The van der Waals surface area contributed by atoms with Gasteiger partial charge in [0, 0.05) is 25.2 Å². The van der Waals surface area contributed by atoms with E-state index in [1.54, 1.807) is 0 Å². The normalized spacial score (nSPS) is 41.4. The van der Waals surface area contributed by atoms with Crippen molar-refractivity contribution in [1.29, 1.82) is 0 Å². The molecule has 2 heteroatoms. The van der Waals surface area contributed by atoms with Crippen molar-refractivity contribution in [3.63, 3.8) is 0 Å². The highest BCUT2D eigenvalue weighted by molar-refractivity contribution is 5.62. The van der Waals surface area contributed by atoms with Gasteiger partial charge in [0.1, 0.15) is 0 Å². The van der Waals surface area contributed by atoms with Crippen molar-refractivity contribution in [2.75, 3.05) is 21.1 Å². The second-order valence-electron chi connectivity index (χ2n) is 4.79. The molecule has 1 unspecified atom stereocenters. The van der Waals surface area contributed by atoms with Crippen molar-refractivity contribution in [2.45, 2.75) is 18.9 Å². The van der Waals surface area contributed by atoms with Gasteiger partial charge >= 0.3 is 0 Å². The fourth-order valence-electron chi connectivity index (χ4n) is 2.80. The second kappa shape index (κ2) is 3.85. The lowest BCUT2D eigenvalue weighted by atomic mass is 9.66. The van der Waals surface area contributed by atoms with Gasteiger partial charge in [0.15, 0.2) is 0 Å². The lowest BCUT2D eigenvalue weighted by molar-refractivity contribution is 0.135. The summed E-state index contributed by atoms with van der Waals surface area (Å²) in [5.41, 5.74) is 0. The van der Waals surface area contributed by atoms with E-state index in [2.05, 4.69) is 42.4 Å².